The van der Waals surface area contributed by atoms with Crippen LogP contribution in [0.1, 0.15) is 88.8 Å². The summed E-state index contributed by atoms with van der Waals surface area (Å²) in [7, 11) is 0. The van der Waals surface area contributed by atoms with Gasteiger partial charge in [0.25, 0.3) is 0 Å². The minimum absolute atomic E-state index is 0.120. The molecule has 0 aliphatic heterocycles. The molecule has 1 fully saturated rings. The van der Waals surface area contributed by atoms with Crippen molar-refractivity contribution in [2.75, 3.05) is 13.2 Å². The van der Waals surface area contributed by atoms with Crippen molar-refractivity contribution in [3.8, 4) is 0 Å². The predicted molar refractivity (Wildman–Crippen MR) is 114 cm³/mol. The third-order valence-electron chi connectivity index (χ3n) is 7.20. The SMILES string of the molecule is CC(C)c1ccc2c(c1)CCC1[C@@](C)(C=NOCCCCN)CCC[C@]21C. The van der Waals surface area contributed by atoms with Crippen LogP contribution in [0.2, 0.25) is 0 Å². The number of unbranched alkanes of at least 4 members (excludes halogenated alkanes) is 1. The van der Waals surface area contributed by atoms with Gasteiger partial charge in [-0.3, -0.25) is 0 Å². The van der Waals surface area contributed by atoms with E-state index in [0.29, 0.717) is 18.4 Å². The van der Waals surface area contributed by atoms with E-state index in [9.17, 15) is 0 Å². The van der Waals surface area contributed by atoms with Crippen molar-refractivity contribution in [1.82, 2.24) is 0 Å². The summed E-state index contributed by atoms with van der Waals surface area (Å²) in [6.07, 6.45) is 10.3. The Morgan fingerprint density at radius 3 is 2.81 bits per heavy atom. The Hall–Kier alpha value is -1.35. The Bertz CT molecular complexity index is 668. The van der Waals surface area contributed by atoms with Crippen LogP contribution in [0.5, 0.6) is 0 Å². The van der Waals surface area contributed by atoms with Crippen molar-refractivity contribution < 1.29 is 4.84 Å². The van der Waals surface area contributed by atoms with Crippen LogP contribution >= 0.6 is 0 Å². The van der Waals surface area contributed by atoms with Gasteiger partial charge in [0.1, 0.15) is 6.61 Å². The van der Waals surface area contributed by atoms with Gasteiger partial charge in [0.2, 0.25) is 0 Å². The smallest absolute Gasteiger partial charge is 0.117 e. The third-order valence-corrected chi connectivity index (χ3v) is 7.20. The maximum Gasteiger partial charge on any atom is 0.117 e. The molecule has 0 spiro atoms. The molecule has 2 aliphatic rings. The monoisotopic (exact) mass is 370 g/mol. The van der Waals surface area contributed by atoms with Crippen LogP contribution in [-0.4, -0.2) is 19.4 Å². The van der Waals surface area contributed by atoms with Crippen molar-refractivity contribution in [3.63, 3.8) is 0 Å². The molecular weight excluding hydrogens is 332 g/mol. The summed E-state index contributed by atoms with van der Waals surface area (Å²) in [6.45, 7) is 10.9. The Balaban J connectivity index is 1.79. The molecule has 2 N–H and O–H groups in total. The molecule has 0 saturated heterocycles. The second-order valence-corrected chi connectivity index (χ2v) is 9.50. The van der Waals surface area contributed by atoms with E-state index >= 15 is 0 Å². The van der Waals surface area contributed by atoms with E-state index in [2.05, 4.69) is 57.3 Å². The van der Waals surface area contributed by atoms with Crippen molar-refractivity contribution in [1.29, 1.82) is 0 Å². The van der Waals surface area contributed by atoms with E-state index < -0.39 is 0 Å². The zero-order valence-electron chi connectivity index (χ0n) is 17.8. The van der Waals surface area contributed by atoms with Crippen LogP contribution < -0.4 is 5.73 Å². The van der Waals surface area contributed by atoms with Gasteiger partial charge in [-0.1, -0.05) is 57.5 Å². The highest BCUT2D eigenvalue weighted by Crippen LogP contribution is 2.56. The number of benzene rings is 1. The molecular formula is C24H38N2O. The molecule has 1 aromatic carbocycles. The first-order chi connectivity index (χ1) is 12.9. The average molecular weight is 371 g/mol. The Morgan fingerprint density at radius 1 is 1.26 bits per heavy atom. The molecule has 150 valence electrons. The molecule has 3 rings (SSSR count). The molecule has 3 heteroatoms. The molecule has 1 saturated carbocycles. The highest BCUT2D eigenvalue weighted by atomic mass is 16.6. The normalized spacial score (nSPS) is 30.4. The first kappa shape index (κ1) is 20.4. The van der Waals surface area contributed by atoms with Gasteiger partial charge in [-0.2, -0.15) is 0 Å². The van der Waals surface area contributed by atoms with Crippen molar-refractivity contribution in [2.45, 2.75) is 84.0 Å². The maximum atomic E-state index is 5.54. The molecule has 0 radical (unpaired) electrons. The molecule has 2 aliphatic carbocycles. The summed E-state index contributed by atoms with van der Waals surface area (Å²) in [5, 5.41) is 4.39. The highest BCUT2D eigenvalue weighted by molar-refractivity contribution is 5.66. The number of hydrogen-bond donors (Lipinski definition) is 1. The second kappa shape index (κ2) is 8.34. The lowest BCUT2D eigenvalue weighted by Crippen LogP contribution is -2.49. The van der Waals surface area contributed by atoms with E-state index in [1.807, 2.05) is 0 Å². The molecule has 27 heavy (non-hydrogen) atoms. The minimum atomic E-state index is 0.120. The van der Waals surface area contributed by atoms with Gasteiger partial charge in [0.05, 0.1) is 0 Å². The summed E-state index contributed by atoms with van der Waals surface area (Å²) in [6, 6.07) is 7.27. The van der Waals surface area contributed by atoms with E-state index in [1.165, 1.54) is 37.7 Å². The van der Waals surface area contributed by atoms with Crippen molar-refractivity contribution in [3.05, 3.63) is 34.9 Å². The van der Waals surface area contributed by atoms with Crippen LogP contribution in [0, 0.1) is 11.3 Å². The zero-order valence-corrected chi connectivity index (χ0v) is 17.8. The summed E-state index contributed by atoms with van der Waals surface area (Å²) in [4.78, 5) is 5.54. The fraction of sp³-hybridized carbons (Fsp3) is 0.708. The third kappa shape index (κ3) is 4.08. The van der Waals surface area contributed by atoms with Crippen LogP contribution in [0.15, 0.2) is 23.4 Å². The molecule has 3 atom stereocenters. The first-order valence-corrected chi connectivity index (χ1v) is 10.9. The average Bonchev–Trinajstić information content (AvgIpc) is 2.64. The molecule has 0 aromatic heterocycles. The Morgan fingerprint density at radius 2 is 2.07 bits per heavy atom. The number of aryl methyl sites for hydroxylation is 1. The summed E-state index contributed by atoms with van der Waals surface area (Å²) in [5.74, 6) is 1.23. The second-order valence-electron chi connectivity index (χ2n) is 9.50. The van der Waals surface area contributed by atoms with Gasteiger partial charge in [-0.25, -0.2) is 0 Å². The quantitative estimate of drug-likeness (QED) is 0.388. The number of oxime groups is 1. The van der Waals surface area contributed by atoms with Crippen molar-refractivity contribution in [2.24, 2.45) is 22.2 Å². The highest BCUT2D eigenvalue weighted by Gasteiger charge is 2.51. The van der Waals surface area contributed by atoms with Gasteiger partial charge < -0.3 is 10.6 Å². The van der Waals surface area contributed by atoms with Crippen LogP contribution in [0.3, 0.4) is 0 Å². The lowest BCUT2D eigenvalue weighted by molar-refractivity contribution is 0.0740. The predicted octanol–water partition coefficient (Wildman–Crippen LogP) is 5.56. The lowest BCUT2D eigenvalue weighted by Gasteiger charge is -2.54. The Labute approximate surface area is 165 Å². The van der Waals surface area contributed by atoms with Gasteiger partial charge in [0.15, 0.2) is 0 Å². The molecule has 3 nitrogen and oxygen atoms in total. The van der Waals surface area contributed by atoms with Gasteiger partial charge in [-0.05, 0) is 79.0 Å². The summed E-state index contributed by atoms with van der Waals surface area (Å²) < 4.78 is 0. The fourth-order valence-electron chi connectivity index (χ4n) is 5.60. The number of nitrogens with zero attached hydrogens (tertiary/aromatic N) is 1. The number of fused-ring (bicyclic) bond motifs is 3. The summed E-state index contributed by atoms with van der Waals surface area (Å²) >= 11 is 0. The largest absolute Gasteiger partial charge is 0.396 e. The molecule has 1 aromatic rings. The lowest BCUT2D eigenvalue weighted by atomic mass is 9.50. The maximum absolute atomic E-state index is 5.54. The van der Waals surface area contributed by atoms with Crippen molar-refractivity contribution >= 4 is 6.21 Å². The molecule has 1 unspecified atom stereocenters. The first-order valence-electron chi connectivity index (χ1n) is 10.9. The van der Waals surface area contributed by atoms with E-state index in [-0.39, 0.29) is 10.8 Å². The van der Waals surface area contributed by atoms with Gasteiger partial charge in [-0.15, -0.1) is 0 Å². The molecule has 0 amide bonds. The van der Waals surface area contributed by atoms with Gasteiger partial charge >= 0.3 is 0 Å². The Kier molecular flexibility index (Phi) is 6.30. The van der Waals surface area contributed by atoms with Crippen LogP contribution in [0.4, 0.5) is 0 Å². The topological polar surface area (TPSA) is 47.6 Å². The number of rotatable bonds is 7. The van der Waals surface area contributed by atoms with Crippen LogP contribution in [0.25, 0.3) is 0 Å². The van der Waals surface area contributed by atoms with E-state index in [4.69, 9.17) is 10.6 Å². The zero-order chi connectivity index (χ0) is 19.5. The molecule has 0 bridgehead atoms. The minimum Gasteiger partial charge on any atom is -0.396 e. The summed E-state index contributed by atoms with van der Waals surface area (Å²) in [5.41, 5.74) is 10.6. The van der Waals surface area contributed by atoms with Gasteiger partial charge in [0, 0.05) is 11.6 Å². The molecule has 0 heterocycles. The fourth-order valence-corrected chi connectivity index (χ4v) is 5.60. The van der Waals surface area contributed by atoms with Crippen LogP contribution in [-0.2, 0) is 16.7 Å². The number of hydrogen-bond acceptors (Lipinski definition) is 3. The number of nitrogens with two attached hydrogens (primary N) is 1. The van der Waals surface area contributed by atoms with E-state index in [1.54, 1.807) is 11.1 Å². The van der Waals surface area contributed by atoms with E-state index in [0.717, 1.165) is 19.4 Å². The standard InChI is InChI=1S/C24H38N2O/c1-18(2)19-8-10-21-20(16-19)9-11-22-23(3,12-7-13-24(21,22)4)17-26-27-15-6-5-14-25/h8,10,16-18,22H,5-7,9,11-15,25H2,1-4H3/t22?,23-,24-/m1/s1.